The fraction of sp³-hybridized carbons (Fsp3) is 0.500. The van der Waals surface area contributed by atoms with Crippen molar-refractivity contribution in [2.75, 3.05) is 18.8 Å². The van der Waals surface area contributed by atoms with Crippen molar-refractivity contribution in [2.45, 2.75) is 42.6 Å². The molecule has 2 aromatic rings. The monoisotopic (exact) mass is 410 g/mol. The van der Waals surface area contributed by atoms with E-state index in [0.29, 0.717) is 24.6 Å². The largest absolute Gasteiger partial charge is 0.371 e. The van der Waals surface area contributed by atoms with E-state index < -0.39 is 10.0 Å². The fourth-order valence-corrected chi connectivity index (χ4v) is 7.36. The van der Waals surface area contributed by atoms with Crippen LogP contribution in [-0.2, 0) is 21.4 Å². The molecule has 0 bridgehead atoms. The van der Waals surface area contributed by atoms with Gasteiger partial charge in [0, 0.05) is 29.0 Å². The zero-order chi connectivity index (χ0) is 18.4. The van der Waals surface area contributed by atoms with Crippen LogP contribution in [0.5, 0.6) is 0 Å². The van der Waals surface area contributed by atoms with Gasteiger partial charge in [-0.05, 0) is 32.4 Å². The first-order valence-corrected chi connectivity index (χ1v) is 11.9. The summed E-state index contributed by atoms with van der Waals surface area (Å²) in [5, 5.41) is 3.09. The van der Waals surface area contributed by atoms with Crippen LogP contribution < -0.4 is 0 Å². The van der Waals surface area contributed by atoms with Crippen molar-refractivity contribution in [1.82, 2.24) is 9.29 Å². The molecule has 1 atom stereocenters. The molecule has 1 spiro atoms. The Balaban J connectivity index is 1.33. The molecule has 0 saturated carbocycles. The van der Waals surface area contributed by atoms with Crippen molar-refractivity contribution in [3.8, 4) is 0 Å². The van der Waals surface area contributed by atoms with Gasteiger partial charge >= 0.3 is 0 Å². The van der Waals surface area contributed by atoms with E-state index in [-0.39, 0.29) is 10.9 Å². The molecule has 3 heterocycles. The van der Waals surface area contributed by atoms with Crippen LogP contribution >= 0.6 is 23.1 Å². The van der Waals surface area contributed by atoms with Crippen molar-refractivity contribution in [3.63, 3.8) is 0 Å². The molecule has 0 N–H and O–H groups in total. The highest BCUT2D eigenvalue weighted by Gasteiger charge is 2.53. The number of benzene rings is 1. The molecular formula is C18H22N2O3S3. The summed E-state index contributed by atoms with van der Waals surface area (Å²) in [6.07, 6.45) is 1.08. The van der Waals surface area contributed by atoms with Gasteiger partial charge in [-0.1, -0.05) is 17.7 Å². The van der Waals surface area contributed by atoms with E-state index in [0.717, 1.165) is 28.4 Å². The number of nitrogens with zero attached hydrogens (tertiary/aromatic N) is 2. The molecule has 0 amide bonds. The van der Waals surface area contributed by atoms with E-state index >= 15 is 0 Å². The summed E-state index contributed by atoms with van der Waals surface area (Å²) in [6, 6.07) is 7.08. The zero-order valence-corrected chi connectivity index (χ0v) is 17.3. The molecule has 2 saturated heterocycles. The first kappa shape index (κ1) is 18.4. The van der Waals surface area contributed by atoms with E-state index in [2.05, 4.69) is 4.98 Å². The van der Waals surface area contributed by atoms with Crippen LogP contribution in [0, 0.1) is 13.8 Å². The number of sulfonamides is 1. The Hall–Kier alpha value is -0.930. The lowest BCUT2D eigenvalue weighted by atomic mass is 9.95. The van der Waals surface area contributed by atoms with Crippen LogP contribution in [0.15, 0.2) is 34.5 Å². The Morgan fingerprint density at radius 2 is 2.00 bits per heavy atom. The highest BCUT2D eigenvalue weighted by atomic mass is 32.2. The number of hydrogen-bond acceptors (Lipinski definition) is 6. The normalized spacial score (nSPS) is 22.6. The lowest BCUT2D eigenvalue weighted by Gasteiger charge is -2.46. The smallest absolute Gasteiger partial charge is 0.243 e. The van der Waals surface area contributed by atoms with Gasteiger partial charge in [-0.15, -0.1) is 23.1 Å². The van der Waals surface area contributed by atoms with Crippen molar-refractivity contribution in [3.05, 3.63) is 45.9 Å². The van der Waals surface area contributed by atoms with Gasteiger partial charge < -0.3 is 4.74 Å². The van der Waals surface area contributed by atoms with Gasteiger partial charge in [0.25, 0.3) is 0 Å². The highest BCUT2D eigenvalue weighted by molar-refractivity contribution is 8.01. The van der Waals surface area contributed by atoms with Crippen molar-refractivity contribution >= 4 is 33.1 Å². The number of hydrogen-bond donors (Lipinski definition) is 0. The van der Waals surface area contributed by atoms with Gasteiger partial charge in [0.2, 0.25) is 10.0 Å². The van der Waals surface area contributed by atoms with Crippen LogP contribution in [-0.4, -0.2) is 47.4 Å². The molecule has 4 rings (SSSR count). The third-order valence-corrected chi connectivity index (χ3v) is 9.10. The van der Waals surface area contributed by atoms with Crippen LogP contribution in [0.4, 0.5) is 0 Å². The topological polar surface area (TPSA) is 59.5 Å². The minimum atomic E-state index is -3.38. The Morgan fingerprint density at radius 1 is 1.27 bits per heavy atom. The van der Waals surface area contributed by atoms with E-state index in [9.17, 15) is 8.42 Å². The summed E-state index contributed by atoms with van der Waals surface area (Å²) >= 11 is 3.48. The van der Waals surface area contributed by atoms with Crippen LogP contribution in [0.25, 0.3) is 0 Å². The van der Waals surface area contributed by atoms with Crippen molar-refractivity contribution in [1.29, 1.82) is 0 Å². The summed E-state index contributed by atoms with van der Waals surface area (Å²) in [5.74, 6) is 0.918. The van der Waals surface area contributed by atoms with Gasteiger partial charge in [0.05, 0.1) is 28.3 Å². The molecule has 1 aromatic carbocycles. The van der Waals surface area contributed by atoms with Crippen LogP contribution in [0.1, 0.15) is 22.7 Å². The molecule has 1 unspecified atom stereocenters. The number of thioether (sulfide) groups is 1. The second kappa shape index (κ2) is 6.91. The van der Waals surface area contributed by atoms with Gasteiger partial charge in [-0.3, -0.25) is 0 Å². The Labute approximate surface area is 162 Å². The Kier molecular flexibility index (Phi) is 4.90. The zero-order valence-electron chi connectivity index (χ0n) is 14.8. The number of thiazole rings is 1. The van der Waals surface area contributed by atoms with Crippen molar-refractivity contribution < 1.29 is 13.2 Å². The highest BCUT2D eigenvalue weighted by Crippen LogP contribution is 2.47. The average Bonchev–Trinajstić information content (AvgIpc) is 3.18. The summed E-state index contributed by atoms with van der Waals surface area (Å²) < 4.78 is 33.1. The van der Waals surface area contributed by atoms with Crippen molar-refractivity contribution in [2.24, 2.45) is 0 Å². The number of rotatable bonds is 5. The molecule has 8 heteroatoms. The minimum Gasteiger partial charge on any atom is -0.371 e. The average molecular weight is 411 g/mol. The van der Waals surface area contributed by atoms with E-state index in [1.165, 1.54) is 0 Å². The first-order chi connectivity index (χ1) is 12.4. The molecule has 140 valence electrons. The second-order valence-corrected chi connectivity index (χ2v) is 11.6. The third kappa shape index (κ3) is 3.57. The van der Waals surface area contributed by atoms with Gasteiger partial charge in [0.1, 0.15) is 0 Å². The molecular weight excluding hydrogens is 388 g/mol. The van der Waals surface area contributed by atoms with E-state index in [1.807, 2.05) is 43.1 Å². The molecule has 26 heavy (non-hydrogen) atoms. The van der Waals surface area contributed by atoms with Crippen LogP contribution in [0.3, 0.4) is 0 Å². The minimum absolute atomic E-state index is 0.0143. The van der Waals surface area contributed by atoms with Gasteiger partial charge in [-0.2, -0.15) is 4.31 Å². The maximum Gasteiger partial charge on any atom is 0.243 e. The second-order valence-electron chi connectivity index (χ2n) is 7.08. The summed E-state index contributed by atoms with van der Waals surface area (Å²) in [4.78, 5) is 4.81. The molecule has 1 aromatic heterocycles. The molecule has 0 aliphatic carbocycles. The third-order valence-electron chi connectivity index (χ3n) is 4.90. The SMILES string of the molecule is Cc1ccc(S(=O)(=O)N2CC3(CC(OCc4csc(C)n4)CS3)C2)cc1. The van der Waals surface area contributed by atoms with Gasteiger partial charge in [0.15, 0.2) is 0 Å². The van der Waals surface area contributed by atoms with Gasteiger partial charge in [-0.25, -0.2) is 13.4 Å². The van der Waals surface area contributed by atoms with E-state index in [1.54, 1.807) is 27.8 Å². The molecule has 2 aliphatic rings. The van der Waals surface area contributed by atoms with Crippen LogP contribution in [0.2, 0.25) is 0 Å². The Morgan fingerprint density at radius 3 is 2.65 bits per heavy atom. The Bertz CT molecular complexity index is 887. The predicted octanol–water partition coefficient (Wildman–Crippen LogP) is 3.23. The maximum absolute atomic E-state index is 12.7. The number of aromatic nitrogens is 1. The standard InChI is InChI=1S/C18H22N2O3S3/c1-13-3-5-17(6-4-13)26(21,22)20-11-18(12-20)7-16(10-25-18)23-8-15-9-24-14(2)19-15/h3-6,9,16H,7-8,10-12H2,1-2H3. The summed E-state index contributed by atoms with van der Waals surface area (Å²) in [6.45, 7) is 5.63. The van der Waals surface area contributed by atoms with E-state index in [4.69, 9.17) is 4.74 Å². The lowest BCUT2D eigenvalue weighted by Crippen LogP contribution is -2.60. The fourth-order valence-electron chi connectivity index (χ4n) is 3.43. The summed E-state index contributed by atoms with van der Waals surface area (Å²) in [7, 11) is -3.38. The first-order valence-electron chi connectivity index (χ1n) is 8.60. The molecule has 2 aliphatic heterocycles. The number of ether oxygens (including phenoxy) is 1. The lowest BCUT2D eigenvalue weighted by molar-refractivity contribution is 0.0382. The predicted molar refractivity (Wildman–Crippen MR) is 105 cm³/mol. The molecule has 2 fully saturated rings. The molecule has 0 radical (unpaired) electrons. The quantitative estimate of drug-likeness (QED) is 0.757. The molecule has 5 nitrogen and oxygen atoms in total. The summed E-state index contributed by atoms with van der Waals surface area (Å²) in [5.41, 5.74) is 2.04. The number of aryl methyl sites for hydroxylation is 2. The maximum atomic E-state index is 12.7.